The summed E-state index contributed by atoms with van der Waals surface area (Å²) < 4.78 is 0. The van der Waals surface area contributed by atoms with Crippen molar-refractivity contribution in [3.63, 3.8) is 0 Å². The Labute approximate surface area is 197 Å². The normalized spacial score (nSPS) is 11.8. The fourth-order valence-electron chi connectivity index (χ4n) is 3.88. The van der Waals surface area contributed by atoms with Crippen LogP contribution in [-0.4, -0.2) is 32.1 Å². The summed E-state index contributed by atoms with van der Waals surface area (Å²) in [6.45, 7) is 6.64. The lowest BCUT2D eigenvalue weighted by Gasteiger charge is -2.20. The van der Waals surface area contributed by atoms with Crippen LogP contribution in [-0.2, 0) is 17.8 Å². The molecular formula is C25H27N5O2S. The number of hydrogen-bond donors (Lipinski definition) is 4. The van der Waals surface area contributed by atoms with Gasteiger partial charge in [-0.05, 0) is 37.5 Å². The number of aliphatic carboxylic acids is 1. The molecule has 170 valence electrons. The molecule has 0 spiro atoms. The van der Waals surface area contributed by atoms with Gasteiger partial charge in [0.15, 0.2) is 5.95 Å². The number of anilines is 2. The van der Waals surface area contributed by atoms with Gasteiger partial charge < -0.3 is 20.7 Å². The first kappa shape index (κ1) is 22.5. The summed E-state index contributed by atoms with van der Waals surface area (Å²) >= 11 is 1.59. The number of carboxylic acids is 1. The molecule has 0 amide bonds. The van der Waals surface area contributed by atoms with Crippen LogP contribution in [0.15, 0.2) is 54.2 Å². The van der Waals surface area contributed by atoms with Crippen molar-refractivity contribution in [2.75, 3.05) is 10.6 Å². The minimum Gasteiger partial charge on any atom is -0.480 e. The Bertz CT molecular complexity index is 1210. The zero-order valence-electron chi connectivity index (χ0n) is 18.8. The van der Waals surface area contributed by atoms with Gasteiger partial charge in [-0.1, -0.05) is 42.0 Å². The van der Waals surface area contributed by atoms with Crippen molar-refractivity contribution >= 4 is 28.9 Å². The predicted molar refractivity (Wildman–Crippen MR) is 133 cm³/mol. The van der Waals surface area contributed by atoms with E-state index in [9.17, 15) is 9.90 Å². The van der Waals surface area contributed by atoms with Crippen molar-refractivity contribution in [2.24, 2.45) is 0 Å². The third kappa shape index (κ3) is 5.59. The third-order valence-electron chi connectivity index (χ3n) is 5.44. The van der Waals surface area contributed by atoms with Crippen LogP contribution in [0.25, 0.3) is 11.3 Å². The largest absolute Gasteiger partial charge is 0.480 e. The van der Waals surface area contributed by atoms with E-state index in [2.05, 4.69) is 37.7 Å². The summed E-state index contributed by atoms with van der Waals surface area (Å²) in [4.78, 5) is 23.8. The molecule has 2 aromatic heterocycles. The quantitative estimate of drug-likeness (QED) is 0.274. The summed E-state index contributed by atoms with van der Waals surface area (Å²) in [7, 11) is 0. The SMILES string of the molecule is Cc1cc(C)c(NC(Cc2ccc(-c3csc(CNc4ncc[nH]4)n3)cc2)C(=O)O)c(C)c1. The molecule has 7 nitrogen and oxygen atoms in total. The number of aryl methyl sites for hydroxylation is 3. The Morgan fingerprint density at radius 1 is 1.15 bits per heavy atom. The number of imidazole rings is 1. The van der Waals surface area contributed by atoms with Crippen LogP contribution < -0.4 is 10.6 Å². The minimum atomic E-state index is -0.869. The van der Waals surface area contributed by atoms with E-state index in [1.54, 1.807) is 23.7 Å². The second-order valence-electron chi connectivity index (χ2n) is 8.13. The molecule has 2 heterocycles. The number of nitrogens with one attached hydrogen (secondary N) is 3. The van der Waals surface area contributed by atoms with Crippen molar-refractivity contribution in [3.8, 4) is 11.3 Å². The fraction of sp³-hybridized carbons (Fsp3) is 0.240. The molecule has 4 aromatic rings. The summed E-state index contributed by atoms with van der Waals surface area (Å²) in [6, 6.07) is 11.4. The highest BCUT2D eigenvalue weighted by molar-refractivity contribution is 7.09. The lowest BCUT2D eigenvalue weighted by atomic mass is 10.0. The van der Waals surface area contributed by atoms with E-state index in [0.29, 0.717) is 18.9 Å². The van der Waals surface area contributed by atoms with Crippen LogP contribution in [0.2, 0.25) is 0 Å². The Balaban J connectivity index is 1.42. The molecular weight excluding hydrogens is 434 g/mol. The van der Waals surface area contributed by atoms with Gasteiger partial charge in [-0.2, -0.15) is 0 Å². The zero-order valence-corrected chi connectivity index (χ0v) is 19.7. The van der Waals surface area contributed by atoms with Crippen LogP contribution in [0.4, 0.5) is 11.6 Å². The minimum absolute atomic E-state index is 0.387. The van der Waals surface area contributed by atoms with Gasteiger partial charge in [0.2, 0.25) is 0 Å². The number of carbonyl (C=O) groups is 1. The van der Waals surface area contributed by atoms with Gasteiger partial charge in [0, 0.05) is 35.4 Å². The van der Waals surface area contributed by atoms with Crippen LogP contribution in [0, 0.1) is 20.8 Å². The number of aromatic nitrogens is 3. The second-order valence-corrected chi connectivity index (χ2v) is 9.07. The Morgan fingerprint density at radius 2 is 1.88 bits per heavy atom. The molecule has 0 saturated carbocycles. The van der Waals surface area contributed by atoms with Crippen molar-refractivity contribution in [1.29, 1.82) is 0 Å². The van der Waals surface area contributed by atoms with Gasteiger partial charge >= 0.3 is 5.97 Å². The molecule has 0 aliphatic heterocycles. The van der Waals surface area contributed by atoms with Crippen LogP contribution in [0.3, 0.4) is 0 Å². The van der Waals surface area contributed by atoms with E-state index >= 15 is 0 Å². The van der Waals surface area contributed by atoms with E-state index in [1.807, 2.05) is 50.4 Å². The van der Waals surface area contributed by atoms with Crippen molar-refractivity contribution < 1.29 is 9.90 Å². The van der Waals surface area contributed by atoms with Crippen molar-refractivity contribution in [2.45, 2.75) is 39.8 Å². The number of hydrogen-bond acceptors (Lipinski definition) is 6. The maximum atomic E-state index is 12.0. The van der Waals surface area contributed by atoms with Gasteiger partial charge in [-0.25, -0.2) is 14.8 Å². The maximum absolute atomic E-state index is 12.0. The van der Waals surface area contributed by atoms with Gasteiger partial charge in [-0.3, -0.25) is 0 Å². The average molecular weight is 462 g/mol. The molecule has 4 N–H and O–H groups in total. The lowest BCUT2D eigenvalue weighted by Crippen LogP contribution is -2.32. The Kier molecular flexibility index (Phi) is 6.74. The van der Waals surface area contributed by atoms with Crippen molar-refractivity contribution in [1.82, 2.24) is 15.0 Å². The molecule has 0 saturated heterocycles. The summed E-state index contributed by atoms with van der Waals surface area (Å²) in [5.41, 5.74) is 7.02. The van der Waals surface area contributed by atoms with E-state index in [4.69, 9.17) is 0 Å². The zero-order chi connectivity index (χ0) is 23.4. The summed E-state index contributed by atoms with van der Waals surface area (Å²) in [5.74, 6) is -0.152. The third-order valence-corrected chi connectivity index (χ3v) is 6.29. The van der Waals surface area contributed by atoms with Gasteiger partial charge in [0.25, 0.3) is 0 Å². The first-order chi connectivity index (χ1) is 15.9. The fourth-order valence-corrected chi connectivity index (χ4v) is 4.62. The second kappa shape index (κ2) is 9.87. The monoisotopic (exact) mass is 461 g/mol. The van der Waals surface area contributed by atoms with Crippen LogP contribution in [0.5, 0.6) is 0 Å². The standard InChI is InChI=1S/C25H27N5O2S/c1-15-10-16(2)23(17(3)11-15)30-20(24(31)32)12-18-4-6-19(7-5-18)21-14-33-22(29-21)13-28-25-26-8-9-27-25/h4-11,14,20,30H,12-13H2,1-3H3,(H,31,32)(H2,26,27,28). The predicted octanol–water partition coefficient (Wildman–Crippen LogP) is 5.18. The molecule has 0 aliphatic rings. The molecule has 33 heavy (non-hydrogen) atoms. The van der Waals surface area contributed by atoms with Crippen molar-refractivity contribution in [3.05, 3.63) is 81.4 Å². The maximum Gasteiger partial charge on any atom is 0.326 e. The molecule has 8 heteroatoms. The number of carboxylic acid groups (broad SMARTS) is 1. The number of H-pyrrole nitrogens is 1. The number of rotatable bonds is 9. The van der Waals surface area contributed by atoms with Gasteiger partial charge in [0.05, 0.1) is 12.2 Å². The molecule has 0 radical (unpaired) electrons. The number of benzene rings is 2. The van der Waals surface area contributed by atoms with E-state index < -0.39 is 12.0 Å². The van der Waals surface area contributed by atoms with E-state index in [0.717, 1.165) is 38.6 Å². The first-order valence-corrected chi connectivity index (χ1v) is 11.6. The molecule has 1 atom stereocenters. The Morgan fingerprint density at radius 3 is 2.52 bits per heavy atom. The topological polar surface area (TPSA) is 103 Å². The van der Waals surface area contributed by atoms with Crippen LogP contribution >= 0.6 is 11.3 Å². The lowest BCUT2D eigenvalue weighted by molar-refractivity contribution is -0.137. The number of nitrogens with zero attached hydrogens (tertiary/aromatic N) is 2. The van der Waals surface area contributed by atoms with E-state index in [-0.39, 0.29) is 0 Å². The highest BCUT2D eigenvalue weighted by Crippen LogP contribution is 2.25. The van der Waals surface area contributed by atoms with E-state index in [1.165, 1.54) is 5.56 Å². The molecule has 0 fully saturated rings. The molecule has 2 aromatic carbocycles. The summed E-state index contributed by atoms with van der Waals surface area (Å²) in [5, 5.41) is 19.2. The highest BCUT2D eigenvalue weighted by Gasteiger charge is 2.20. The summed E-state index contributed by atoms with van der Waals surface area (Å²) in [6.07, 6.45) is 3.85. The molecule has 1 unspecified atom stereocenters. The smallest absolute Gasteiger partial charge is 0.326 e. The average Bonchev–Trinajstić information content (AvgIpc) is 3.46. The number of aromatic amines is 1. The Hall–Kier alpha value is -3.65. The van der Waals surface area contributed by atoms with Crippen LogP contribution in [0.1, 0.15) is 27.3 Å². The first-order valence-electron chi connectivity index (χ1n) is 10.7. The molecule has 0 bridgehead atoms. The van der Waals surface area contributed by atoms with Gasteiger partial charge in [-0.15, -0.1) is 11.3 Å². The highest BCUT2D eigenvalue weighted by atomic mass is 32.1. The molecule has 4 rings (SSSR count). The van der Waals surface area contributed by atoms with Gasteiger partial charge in [0.1, 0.15) is 11.0 Å². The number of thiazole rings is 1. The molecule has 0 aliphatic carbocycles.